The van der Waals surface area contributed by atoms with Gasteiger partial charge < -0.3 is 15.0 Å². The summed E-state index contributed by atoms with van der Waals surface area (Å²) >= 11 is 0. The predicted molar refractivity (Wildman–Crippen MR) is 70.6 cm³/mol. The lowest BCUT2D eigenvalue weighted by molar-refractivity contribution is -0.134. The molecule has 108 valence electrons. The molecular weight excluding hydrogens is 246 g/mol. The number of ether oxygens (including phenoxy) is 1. The molecule has 2 aliphatic rings. The number of carbonyl (C=O) groups excluding carboxylic acids is 2. The van der Waals surface area contributed by atoms with Crippen molar-refractivity contribution in [1.82, 2.24) is 15.1 Å². The first-order valence-electron chi connectivity index (χ1n) is 6.97. The van der Waals surface area contributed by atoms with Crippen molar-refractivity contribution < 1.29 is 14.3 Å². The van der Waals surface area contributed by atoms with Gasteiger partial charge >= 0.3 is 0 Å². The summed E-state index contributed by atoms with van der Waals surface area (Å²) in [7, 11) is 1.64. The van der Waals surface area contributed by atoms with E-state index >= 15 is 0 Å². The van der Waals surface area contributed by atoms with Gasteiger partial charge in [0, 0.05) is 52.9 Å². The van der Waals surface area contributed by atoms with Crippen molar-refractivity contribution in [2.24, 2.45) is 5.92 Å². The molecule has 2 amide bonds. The summed E-state index contributed by atoms with van der Waals surface area (Å²) in [4.78, 5) is 27.4. The molecule has 1 unspecified atom stereocenters. The fraction of sp³-hybridized carbons (Fsp3) is 0.846. The third kappa shape index (κ3) is 4.18. The summed E-state index contributed by atoms with van der Waals surface area (Å²) in [5.41, 5.74) is 0. The second-order valence-electron chi connectivity index (χ2n) is 5.26. The van der Waals surface area contributed by atoms with E-state index in [0.717, 1.165) is 45.8 Å². The molecule has 6 heteroatoms. The standard InChI is InChI=1S/C13H23N3O3/c1-14-12(17)9-15-3-5-16(6-4-15)13(18)8-11-2-7-19-10-11/h11H,2-10H2,1H3,(H,14,17). The van der Waals surface area contributed by atoms with Crippen LogP contribution in [0, 0.1) is 5.92 Å². The van der Waals surface area contributed by atoms with Gasteiger partial charge in [0.1, 0.15) is 0 Å². The lowest BCUT2D eigenvalue weighted by Crippen LogP contribution is -2.51. The normalized spacial score (nSPS) is 24.5. The van der Waals surface area contributed by atoms with E-state index in [1.165, 1.54) is 0 Å². The van der Waals surface area contributed by atoms with Gasteiger partial charge in [-0.05, 0) is 12.3 Å². The number of nitrogens with zero attached hydrogens (tertiary/aromatic N) is 2. The minimum Gasteiger partial charge on any atom is -0.381 e. The molecule has 2 fully saturated rings. The van der Waals surface area contributed by atoms with E-state index in [2.05, 4.69) is 10.2 Å². The van der Waals surface area contributed by atoms with Gasteiger partial charge in [-0.3, -0.25) is 14.5 Å². The summed E-state index contributed by atoms with van der Waals surface area (Å²) < 4.78 is 5.30. The Morgan fingerprint density at radius 2 is 2.00 bits per heavy atom. The lowest BCUT2D eigenvalue weighted by atomic mass is 10.0. The maximum atomic E-state index is 12.1. The Balaban J connectivity index is 1.70. The number of rotatable bonds is 4. The molecule has 0 aromatic rings. The van der Waals surface area contributed by atoms with E-state index in [4.69, 9.17) is 4.74 Å². The van der Waals surface area contributed by atoms with Crippen LogP contribution in [0.25, 0.3) is 0 Å². The van der Waals surface area contributed by atoms with Gasteiger partial charge in [0.15, 0.2) is 0 Å². The monoisotopic (exact) mass is 269 g/mol. The molecule has 1 atom stereocenters. The Morgan fingerprint density at radius 3 is 2.58 bits per heavy atom. The highest BCUT2D eigenvalue weighted by molar-refractivity contribution is 5.78. The largest absolute Gasteiger partial charge is 0.381 e. The molecule has 0 bridgehead atoms. The van der Waals surface area contributed by atoms with Crippen LogP contribution in [-0.4, -0.2) is 74.6 Å². The van der Waals surface area contributed by atoms with Crippen molar-refractivity contribution >= 4 is 11.8 Å². The van der Waals surface area contributed by atoms with Crippen molar-refractivity contribution in [2.75, 3.05) is 53.0 Å². The molecule has 0 spiro atoms. The summed E-state index contributed by atoms with van der Waals surface area (Å²) in [6.07, 6.45) is 1.61. The number of hydrogen-bond donors (Lipinski definition) is 1. The molecule has 1 N–H and O–H groups in total. The van der Waals surface area contributed by atoms with Crippen LogP contribution in [0.2, 0.25) is 0 Å². The molecule has 2 aliphatic heterocycles. The molecule has 0 aromatic heterocycles. The van der Waals surface area contributed by atoms with E-state index in [-0.39, 0.29) is 11.8 Å². The molecule has 2 rings (SSSR count). The van der Waals surface area contributed by atoms with Crippen molar-refractivity contribution in [3.63, 3.8) is 0 Å². The molecule has 2 heterocycles. The van der Waals surface area contributed by atoms with Crippen LogP contribution in [0.4, 0.5) is 0 Å². The average Bonchev–Trinajstić information content (AvgIpc) is 2.92. The molecular formula is C13H23N3O3. The van der Waals surface area contributed by atoms with Crippen LogP contribution in [0.5, 0.6) is 0 Å². The van der Waals surface area contributed by atoms with Crippen LogP contribution < -0.4 is 5.32 Å². The van der Waals surface area contributed by atoms with Gasteiger partial charge in [-0.15, -0.1) is 0 Å². The molecule has 2 saturated heterocycles. The fourth-order valence-electron chi connectivity index (χ4n) is 2.56. The van der Waals surface area contributed by atoms with E-state index < -0.39 is 0 Å². The van der Waals surface area contributed by atoms with Crippen LogP contribution >= 0.6 is 0 Å². The second-order valence-corrected chi connectivity index (χ2v) is 5.26. The van der Waals surface area contributed by atoms with Gasteiger partial charge in [-0.2, -0.15) is 0 Å². The summed E-state index contributed by atoms with van der Waals surface area (Å²) in [5.74, 6) is 0.661. The predicted octanol–water partition coefficient (Wildman–Crippen LogP) is -0.697. The van der Waals surface area contributed by atoms with Crippen LogP contribution in [0.3, 0.4) is 0 Å². The molecule has 0 saturated carbocycles. The maximum Gasteiger partial charge on any atom is 0.233 e. The second kappa shape index (κ2) is 6.86. The Morgan fingerprint density at radius 1 is 1.26 bits per heavy atom. The third-order valence-corrected chi connectivity index (χ3v) is 3.86. The number of nitrogens with one attached hydrogen (secondary N) is 1. The van der Waals surface area contributed by atoms with Gasteiger partial charge in [-0.25, -0.2) is 0 Å². The summed E-state index contributed by atoms with van der Waals surface area (Å²) in [6, 6.07) is 0. The highest BCUT2D eigenvalue weighted by Crippen LogP contribution is 2.18. The van der Waals surface area contributed by atoms with Crippen LogP contribution in [0.1, 0.15) is 12.8 Å². The van der Waals surface area contributed by atoms with Gasteiger partial charge in [0.2, 0.25) is 11.8 Å². The quantitative estimate of drug-likeness (QED) is 0.733. The summed E-state index contributed by atoms with van der Waals surface area (Å²) in [6.45, 7) is 4.95. The summed E-state index contributed by atoms with van der Waals surface area (Å²) in [5, 5.41) is 2.62. The van der Waals surface area contributed by atoms with Gasteiger partial charge in [0.05, 0.1) is 6.54 Å². The minimum atomic E-state index is 0.0304. The highest BCUT2D eigenvalue weighted by atomic mass is 16.5. The Bertz CT molecular complexity index is 321. The maximum absolute atomic E-state index is 12.1. The SMILES string of the molecule is CNC(=O)CN1CCN(C(=O)CC2CCOC2)CC1. The first kappa shape index (κ1) is 14.3. The number of carbonyl (C=O) groups is 2. The molecule has 6 nitrogen and oxygen atoms in total. The third-order valence-electron chi connectivity index (χ3n) is 3.86. The van der Waals surface area contributed by atoms with Gasteiger partial charge in [0.25, 0.3) is 0 Å². The van der Waals surface area contributed by atoms with Gasteiger partial charge in [-0.1, -0.05) is 0 Å². The van der Waals surface area contributed by atoms with Crippen LogP contribution in [-0.2, 0) is 14.3 Å². The zero-order valence-corrected chi connectivity index (χ0v) is 11.6. The zero-order valence-electron chi connectivity index (χ0n) is 11.6. The lowest BCUT2D eigenvalue weighted by Gasteiger charge is -2.34. The zero-order chi connectivity index (χ0) is 13.7. The van der Waals surface area contributed by atoms with E-state index in [9.17, 15) is 9.59 Å². The van der Waals surface area contributed by atoms with Crippen molar-refractivity contribution in [1.29, 1.82) is 0 Å². The number of amides is 2. The fourth-order valence-corrected chi connectivity index (χ4v) is 2.56. The smallest absolute Gasteiger partial charge is 0.233 e. The number of piperazine rings is 1. The average molecular weight is 269 g/mol. The highest BCUT2D eigenvalue weighted by Gasteiger charge is 2.25. The van der Waals surface area contributed by atoms with Crippen molar-refractivity contribution in [3.8, 4) is 0 Å². The number of likely N-dealkylation sites (N-methyl/N-ethyl adjacent to an activating group) is 1. The van der Waals surface area contributed by atoms with E-state index in [1.54, 1.807) is 7.05 Å². The van der Waals surface area contributed by atoms with E-state index in [1.807, 2.05) is 4.90 Å². The molecule has 0 radical (unpaired) electrons. The Kier molecular flexibility index (Phi) is 5.15. The Labute approximate surface area is 114 Å². The first-order chi connectivity index (χ1) is 9.19. The van der Waals surface area contributed by atoms with Crippen molar-refractivity contribution in [3.05, 3.63) is 0 Å². The Hall–Kier alpha value is -1.14. The minimum absolute atomic E-state index is 0.0304. The van der Waals surface area contributed by atoms with Crippen LogP contribution in [0.15, 0.2) is 0 Å². The first-order valence-corrected chi connectivity index (χ1v) is 6.97. The van der Waals surface area contributed by atoms with E-state index in [0.29, 0.717) is 18.9 Å². The molecule has 0 aromatic carbocycles. The topological polar surface area (TPSA) is 61.9 Å². The molecule has 19 heavy (non-hydrogen) atoms. The van der Waals surface area contributed by atoms with Crippen molar-refractivity contribution in [2.45, 2.75) is 12.8 Å². The molecule has 0 aliphatic carbocycles. The number of hydrogen-bond acceptors (Lipinski definition) is 4.